The van der Waals surface area contributed by atoms with Crippen molar-refractivity contribution in [3.05, 3.63) is 48.3 Å². The molecule has 3 heterocycles. The molecule has 2 N–H and O–H groups in total. The highest BCUT2D eigenvalue weighted by Gasteiger charge is 2.33. The maximum atomic E-state index is 15.0. The Bertz CT molecular complexity index is 1050. The first-order valence-corrected chi connectivity index (χ1v) is 10.7. The van der Waals surface area contributed by atoms with Gasteiger partial charge in [-0.1, -0.05) is 0 Å². The average molecular weight is 496 g/mol. The molecule has 2 aliphatic heterocycles. The third kappa shape index (κ3) is 5.78. The number of nitrogens with one attached hydrogen (secondary N) is 1. The molecule has 0 bridgehead atoms. The van der Waals surface area contributed by atoms with E-state index in [9.17, 15) is 23.5 Å². The predicted molar refractivity (Wildman–Crippen MR) is 115 cm³/mol. The van der Waals surface area contributed by atoms with Crippen LogP contribution in [0.15, 0.2) is 36.8 Å². The second-order valence-corrected chi connectivity index (χ2v) is 7.74. The summed E-state index contributed by atoms with van der Waals surface area (Å²) >= 11 is 0. The van der Waals surface area contributed by atoms with Gasteiger partial charge in [0.05, 0.1) is 37.7 Å². The predicted octanol–water partition coefficient (Wildman–Crippen LogP) is 0.372. The number of anilines is 2. The Morgan fingerprint density at radius 1 is 1.23 bits per heavy atom. The summed E-state index contributed by atoms with van der Waals surface area (Å²) in [6, 6.07) is 4.33. The van der Waals surface area contributed by atoms with Gasteiger partial charge < -0.3 is 25.0 Å². The minimum Gasteiger partial charge on any atom is -0.365 e. The van der Waals surface area contributed by atoms with Crippen molar-refractivity contribution in [2.24, 2.45) is 0 Å². The number of rotatable bonds is 6. The molecule has 0 spiro atoms. The van der Waals surface area contributed by atoms with Gasteiger partial charge in [-0.2, -0.15) is 8.78 Å². The summed E-state index contributed by atoms with van der Waals surface area (Å²) < 4.78 is 45.0. The van der Waals surface area contributed by atoms with Crippen LogP contribution >= 0.6 is 0 Å². The molecule has 188 valence electrons. The fourth-order valence-electron chi connectivity index (χ4n) is 3.75. The van der Waals surface area contributed by atoms with Gasteiger partial charge in [0.15, 0.2) is 0 Å². The molecule has 2 amide bonds. The fraction of sp³-hybridized carbons (Fsp3) is 0.429. The first-order valence-electron chi connectivity index (χ1n) is 10.7. The van der Waals surface area contributed by atoms with Crippen LogP contribution in [0.2, 0.25) is 0 Å². The summed E-state index contributed by atoms with van der Waals surface area (Å²) in [4.78, 5) is 40.0. The first-order chi connectivity index (χ1) is 16.8. The van der Waals surface area contributed by atoms with Gasteiger partial charge in [0.2, 0.25) is 6.41 Å². The molecule has 2 unspecified atom stereocenters. The van der Waals surface area contributed by atoms with Gasteiger partial charge in [0.25, 0.3) is 11.8 Å². The van der Waals surface area contributed by atoms with Crippen molar-refractivity contribution in [2.45, 2.75) is 18.9 Å². The first kappa shape index (κ1) is 24.6. The number of amides is 2. The Morgan fingerprint density at radius 3 is 2.77 bits per heavy atom. The lowest BCUT2D eigenvalue weighted by Gasteiger charge is -2.25. The van der Waals surface area contributed by atoms with Crippen molar-refractivity contribution >= 4 is 23.2 Å². The number of halogens is 3. The van der Waals surface area contributed by atoms with Crippen LogP contribution in [0.4, 0.5) is 24.5 Å². The number of ether oxygens (including phenoxy) is 1. The Balaban J connectivity index is 1.37. The number of aromatic nitrogens is 2. The van der Waals surface area contributed by atoms with E-state index in [-0.39, 0.29) is 37.6 Å². The summed E-state index contributed by atoms with van der Waals surface area (Å²) in [5.74, 6) is -2.45. The lowest BCUT2D eigenvalue weighted by molar-refractivity contribution is -0.133. The Hall–Kier alpha value is -3.49. The van der Waals surface area contributed by atoms with E-state index in [1.807, 2.05) is 5.32 Å². The van der Waals surface area contributed by atoms with Crippen LogP contribution < -0.4 is 15.1 Å². The minimum atomic E-state index is -3.15. The molecule has 2 fully saturated rings. The zero-order chi connectivity index (χ0) is 24.9. The zero-order valence-corrected chi connectivity index (χ0v) is 18.4. The summed E-state index contributed by atoms with van der Waals surface area (Å²) in [7, 11) is 0. The van der Waals surface area contributed by atoms with E-state index in [2.05, 4.69) is 9.97 Å². The Morgan fingerprint density at radius 2 is 2.06 bits per heavy atom. The summed E-state index contributed by atoms with van der Waals surface area (Å²) in [6.07, 6.45) is -1.15. The van der Waals surface area contributed by atoms with Crippen molar-refractivity contribution in [2.75, 3.05) is 49.1 Å². The van der Waals surface area contributed by atoms with Crippen molar-refractivity contribution in [1.29, 1.82) is 0 Å². The second-order valence-electron chi connectivity index (χ2n) is 7.74. The van der Waals surface area contributed by atoms with E-state index >= 15 is 4.39 Å². The van der Waals surface area contributed by atoms with E-state index in [0.29, 0.717) is 18.8 Å². The van der Waals surface area contributed by atoms with E-state index in [1.165, 1.54) is 40.7 Å². The topological polar surface area (TPSA) is 120 Å². The van der Waals surface area contributed by atoms with Crippen LogP contribution in [0.3, 0.4) is 0 Å². The van der Waals surface area contributed by atoms with E-state index in [0.717, 1.165) is 0 Å². The molecule has 2 atom stereocenters. The van der Waals surface area contributed by atoms with Crippen LogP contribution in [-0.2, 0) is 14.4 Å². The number of hydrogen-bond donors (Lipinski definition) is 2. The van der Waals surface area contributed by atoms with Crippen molar-refractivity contribution < 1.29 is 37.4 Å². The number of carbonyl (C=O) groups is 2. The number of alkyl halides is 2. The van der Waals surface area contributed by atoms with E-state index in [1.54, 1.807) is 11.0 Å². The Kier molecular flexibility index (Phi) is 7.63. The summed E-state index contributed by atoms with van der Waals surface area (Å²) in [5, 5.41) is 13.4. The standard InChI is InChI=1S/C21H23F3N6O5/c22-15-9-13(29-12-14(35-21(29)33)10-27-19(31)18(23)24)1-2-17(15)28-5-6-30(34-8-7-28)20(32)16-11-25-3-4-26-16/h1-4,9,11,14,18,21,33H,5-8,10,12H2,(H,27,31). The second kappa shape index (κ2) is 10.8. The molecule has 0 aliphatic carbocycles. The van der Waals surface area contributed by atoms with Crippen LogP contribution in [0, 0.1) is 5.82 Å². The SMILES string of the molecule is O=C(NCC1CN(c2ccc(N3CCON(C(=O)c4cnccn4)CC3)c(F)c2)C(O)O1)C(F)F. The van der Waals surface area contributed by atoms with Crippen LogP contribution in [0.1, 0.15) is 10.5 Å². The molecule has 14 heteroatoms. The fourth-order valence-corrected chi connectivity index (χ4v) is 3.75. The molecule has 2 saturated heterocycles. The van der Waals surface area contributed by atoms with Crippen LogP contribution in [-0.4, -0.2) is 90.2 Å². The largest absolute Gasteiger partial charge is 0.365 e. The number of nitrogens with zero attached hydrogens (tertiary/aromatic N) is 5. The lowest BCUT2D eigenvalue weighted by Crippen LogP contribution is -2.37. The number of aliphatic hydroxyl groups is 1. The number of aliphatic hydroxyl groups excluding tert-OH is 1. The average Bonchev–Trinajstić information content (AvgIpc) is 3.06. The van der Waals surface area contributed by atoms with Crippen molar-refractivity contribution in [1.82, 2.24) is 20.3 Å². The highest BCUT2D eigenvalue weighted by molar-refractivity contribution is 5.91. The molecule has 4 rings (SSSR count). The molecular formula is C21H23F3N6O5. The van der Waals surface area contributed by atoms with E-state index in [4.69, 9.17) is 9.57 Å². The van der Waals surface area contributed by atoms with Gasteiger partial charge in [-0.3, -0.25) is 19.4 Å². The molecule has 0 saturated carbocycles. The quantitative estimate of drug-likeness (QED) is 0.585. The number of carbonyl (C=O) groups excluding carboxylic acids is 2. The molecular weight excluding hydrogens is 473 g/mol. The molecule has 2 aliphatic rings. The molecule has 0 radical (unpaired) electrons. The van der Waals surface area contributed by atoms with Gasteiger partial charge in [0, 0.05) is 37.7 Å². The van der Waals surface area contributed by atoms with Gasteiger partial charge in [-0.25, -0.2) is 14.4 Å². The highest BCUT2D eigenvalue weighted by Crippen LogP contribution is 2.29. The normalized spacial score (nSPS) is 20.8. The summed E-state index contributed by atoms with van der Waals surface area (Å²) in [6.45, 7) is 0.750. The van der Waals surface area contributed by atoms with Crippen LogP contribution in [0.25, 0.3) is 0 Å². The van der Waals surface area contributed by atoms with Gasteiger partial charge in [-0.05, 0) is 18.2 Å². The van der Waals surface area contributed by atoms with Gasteiger partial charge >= 0.3 is 6.43 Å². The van der Waals surface area contributed by atoms with Crippen LogP contribution in [0.5, 0.6) is 0 Å². The highest BCUT2D eigenvalue weighted by atomic mass is 19.3. The minimum absolute atomic E-state index is 0.0560. The van der Waals surface area contributed by atoms with E-state index < -0.39 is 36.6 Å². The number of hydrogen-bond acceptors (Lipinski definition) is 9. The lowest BCUT2D eigenvalue weighted by atomic mass is 10.2. The Labute approximate surface area is 198 Å². The third-order valence-corrected chi connectivity index (χ3v) is 5.48. The van der Waals surface area contributed by atoms with Crippen molar-refractivity contribution in [3.63, 3.8) is 0 Å². The molecule has 1 aromatic heterocycles. The maximum absolute atomic E-state index is 15.0. The maximum Gasteiger partial charge on any atom is 0.315 e. The number of benzene rings is 1. The molecule has 11 nitrogen and oxygen atoms in total. The summed E-state index contributed by atoms with van der Waals surface area (Å²) in [5.41, 5.74) is 0.725. The molecule has 1 aromatic carbocycles. The van der Waals surface area contributed by atoms with Gasteiger partial charge in [-0.15, -0.1) is 0 Å². The zero-order valence-electron chi connectivity index (χ0n) is 18.4. The molecule has 2 aromatic rings. The smallest absolute Gasteiger partial charge is 0.315 e. The van der Waals surface area contributed by atoms with Crippen molar-refractivity contribution in [3.8, 4) is 0 Å². The number of hydroxylamine groups is 2. The molecule has 35 heavy (non-hydrogen) atoms. The monoisotopic (exact) mass is 496 g/mol. The van der Waals surface area contributed by atoms with Gasteiger partial charge in [0.1, 0.15) is 11.5 Å². The third-order valence-electron chi connectivity index (χ3n) is 5.48.